The van der Waals surface area contributed by atoms with Crippen molar-refractivity contribution in [1.82, 2.24) is 15.0 Å². The van der Waals surface area contributed by atoms with E-state index in [-0.39, 0.29) is 24.1 Å². The van der Waals surface area contributed by atoms with Gasteiger partial charge in [-0.05, 0) is 61.5 Å². The molecule has 0 N–H and O–H groups in total. The number of amides is 1. The number of carbonyl (C=O) groups excluding carboxylic acids is 1. The van der Waals surface area contributed by atoms with Crippen LogP contribution in [0.1, 0.15) is 63.3 Å². The first-order valence-corrected chi connectivity index (χ1v) is 12.8. The number of hydrogen-bond donors (Lipinski definition) is 0. The van der Waals surface area contributed by atoms with Gasteiger partial charge in [0.05, 0.1) is 13.0 Å². The van der Waals surface area contributed by atoms with Crippen LogP contribution in [-0.4, -0.2) is 53.7 Å². The van der Waals surface area contributed by atoms with Crippen LogP contribution in [0.4, 0.5) is 10.4 Å². The molecule has 0 radical (unpaired) electrons. The summed E-state index contributed by atoms with van der Waals surface area (Å²) in [5, 5.41) is 4.08. The molecule has 2 aromatic rings. The van der Waals surface area contributed by atoms with Crippen LogP contribution in [0.15, 0.2) is 22.7 Å². The van der Waals surface area contributed by atoms with Crippen molar-refractivity contribution in [3.63, 3.8) is 0 Å². The number of piperidine rings is 1. The summed E-state index contributed by atoms with van der Waals surface area (Å²) in [4.78, 5) is 20.6. The maximum absolute atomic E-state index is 14.4. The largest absolute Gasteiger partial charge is 0.493 e. The fourth-order valence-electron chi connectivity index (χ4n) is 5.22. The second-order valence-corrected chi connectivity index (χ2v) is 10.4. The van der Waals surface area contributed by atoms with Gasteiger partial charge in [-0.2, -0.15) is 4.98 Å². The second-order valence-electron chi connectivity index (χ2n) is 10.4. The topological polar surface area (TPSA) is 71.7 Å². The Morgan fingerprint density at radius 2 is 2.03 bits per heavy atom. The second kappa shape index (κ2) is 9.92. The Morgan fingerprint density at radius 3 is 2.68 bits per heavy atom. The van der Waals surface area contributed by atoms with Crippen LogP contribution >= 0.6 is 0 Å². The van der Waals surface area contributed by atoms with E-state index in [1.54, 1.807) is 17.0 Å². The lowest BCUT2D eigenvalue weighted by Crippen LogP contribution is -2.42. The molecule has 1 aromatic carbocycles. The van der Waals surface area contributed by atoms with Gasteiger partial charge in [-0.25, -0.2) is 4.39 Å². The third-order valence-corrected chi connectivity index (χ3v) is 7.67. The van der Waals surface area contributed by atoms with Gasteiger partial charge < -0.3 is 19.1 Å². The van der Waals surface area contributed by atoms with Crippen molar-refractivity contribution < 1.29 is 18.4 Å². The highest BCUT2D eigenvalue weighted by Crippen LogP contribution is 2.50. The molecule has 3 aliphatic rings. The van der Waals surface area contributed by atoms with E-state index < -0.39 is 0 Å². The SMILES string of the molecule is CC(C)c1noc(N2CCC([C@H]3C[C@@H]3CCOc3ccc(CC(=O)N4CCC4)c(F)c3)CC2)n1. The van der Waals surface area contributed by atoms with Crippen molar-refractivity contribution in [2.45, 2.75) is 58.3 Å². The molecule has 5 rings (SSSR count). The van der Waals surface area contributed by atoms with Gasteiger partial charge in [-0.15, -0.1) is 0 Å². The normalized spacial score (nSPS) is 22.7. The zero-order chi connectivity index (χ0) is 23.7. The zero-order valence-electron chi connectivity index (χ0n) is 20.2. The standard InChI is InChI=1S/C26H35FN4O3/c1-17(2)25-28-26(34-29-25)31-11-6-18(7-12-31)22-14-19(22)8-13-33-21-5-4-20(23(27)16-21)15-24(32)30-9-3-10-30/h4-5,16-19,22H,3,6-15H2,1-2H3/t19-,22+/m0/s1. The van der Waals surface area contributed by atoms with Crippen LogP contribution in [0, 0.1) is 23.6 Å². The van der Waals surface area contributed by atoms with Crippen LogP contribution in [0.25, 0.3) is 0 Å². The number of hydrogen-bond acceptors (Lipinski definition) is 6. The van der Waals surface area contributed by atoms with Crippen molar-refractivity contribution >= 4 is 11.9 Å². The summed E-state index contributed by atoms with van der Waals surface area (Å²) in [6.07, 6.45) is 5.75. The molecule has 0 bridgehead atoms. The molecule has 0 unspecified atom stereocenters. The fourth-order valence-corrected chi connectivity index (χ4v) is 5.22. The van der Waals surface area contributed by atoms with Crippen molar-refractivity contribution in [2.24, 2.45) is 17.8 Å². The summed E-state index contributed by atoms with van der Waals surface area (Å²) in [5.74, 6) is 3.45. The Morgan fingerprint density at radius 1 is 1.24 bits per heavy atom. The van der Waals surface area contributed by atoms with E-state index in [2.05, 4.69) is 28.9 Å². The van der Waals surface area contributed by atoms with Crippen LogP contribution in [-0.2, 0) is 11.2 Å². The molecule has 1 aliphatic carbocycles. The number of carbonyl (C=O) groups is 1. The molecule has 2 aliphatic heterocycles. The molecule has 2 atom stereocenters. The molecule has 2 saturated heterocycles. The van der Waals surface area contributed by atoms with E-state index in [0.29, 0.717) is 29.9 Å². The number of rotatable bonds is 9. The van der Waals surface area contributed by atoms with E-state index >= 15 is 0 Å². The monoisotopic (exact) mass is 470 g/mol. The minimum Gasteiger partial charge on any atom is -0.493 e. The summed E-state index contributed by atoms with van der Waals surface area (Å²) in [6, 6.07) is 5.54. The third-order valence-electron chi connectivity index (χ3n) is 7.67. The van der Waals surface area contributed by atoms with Crippen LogP contribution in [0.5, 0.6) is 5.75 Å². The van der Waals surface area contributed by atoms with Crippen LogP contribution in [0.2, 0.25) is 0 Å². The van der Waals surface area contributed by atoms with Gasteiger partial charge in [0.2, 0.25) is 5.91 Å². The Kier molecular flexibility index (Phi) is 6.75. The molecule has 0 spiro atoms. The fraction of sp³-hybridized carbons (Fsp3) is 0.654. The average molecular weight is 471 g/mol. The van der Waals surface area contributed by atoms with E-state index in [1.807, 2.05) is 0 Å². The lowest BCUT2D eigenvalue weighted by atomic mass is 9.90. The van der Waals surface area contributed by atoms with Crippen LogP contribution < -0.4 is 9.64 Å². The average Bonchev–Trinajstić information content (AvgIpc) is 3.37. The first-order chi connectivity index (χ1) is 16.5. The number of likely N-dealkylation sites (tertiary alicyclic amines) is 1. The minimum atomic E-state index is -0.357. The number of aromatic nitrogens is 2. The molecule has 3 fully saturated rings. The molecule has 3 heterocycles. The number of ether oxygens (including phenoxy) is 1. The van der Waals surface area contributed by atoms with Crippen molar-refractivity contribution in [2.75, 3.05) is 37.7 Å². The van der Waals surface area contributed by atoms with Gasteiger partial charge >= 0.3 is 6.01 Å². The summed E-state index contributed by atoms with van der Waals surface area (Å²) < 4.78 is 25.7. The summed E-state index contributed by atoms with van der Waals surface area (Å²) in [7, 11) is 0. The molecular formula is C26H35FN4O3. The number of benzene rings is 1. The first-order valence-electron chi connectivity index (χ1n) is 12.8. The Labute approximate surface area is 200 Å². The van der Waals surface area contributed by atoms with Crippen molar-refractivity contribution in [3.05, 3.63) is 35.4 Å². The molecular weight excluding hydrogens is 435 g/mol. The molecule has 34 heavy (non-hydrogen) atoms. The Hall–Kier alpha value is -2.64. The highest BCUT2D eigenvalue weighted by atomic mass is 19.1. The number of halogens is 1. The quantitative estimate of drug-likeness (QED) is 0.540. The van der Waals surface area contributed by atoms with E-state index in [1.165, 1.54) is 12.5 Å². The highest BCUT2D eigenvalue weighted by molar-refractivity contribution is 5.79. The lowest BCUT2D eigenvalue weighted by Gasteiger charge is -2.31. The summed E-state index contributed by atoms with van der Waals surface area (Å²) in [5.41, 5.74) is 0.443. The van der Waals surface area contributed by atoms with Gasteiger partial charge in [0.15, 0.2) is 5.82 Å². The maximum Gasteiger partial charge on any atom is 0.324 e. The van der Waals surface area contributed by atoms with Gasteiger partial charge in [0.1, 0.15) is 11.6 Å². The Balaban J connectivity index is 1.02. The lowest BCUT2D eigenvalue weighted by molar-refractivity contribution is -0.133. The highest BCUT2D eigenvalue weighted by Gasteiger charge is 2.43. The van der Waals surface area contributed by atoms with Gasteiger partial charge in [0.25, 0.3) is 0 Å². The van der Waals surface area contributed by atoms with Gasteiger partial charge in [-0.3, -0.25) is 4.79 Å². The van der Waals surface area contributed by atoms with Crippen molar-refractivity contribution in [3.8, 4) is 5.75 Å². The van der Waals surface area contributed by atoms with Crippen LogP contribution in [0.3, 0.4) is 0 Å². The summed E-state index contributed by atoms with van der Waals surface area (Å²) >= 11 is 0. The van der Waals surface area contributed by atoms with E-state index in [9.17, 15) is 9.18 Å². The molecule has 184 valence electrons. The van der Waals surface area contributed by atoms with Gasteiger partial charge in [0, 0.05) is 38.2 Å². The van der Waals surface area contributed by atoms with E-state index in [0.717, 1.165) is 69.5 Å². The van der Waals surface area contributed by atoms with Gasteiger partial charge in [-0.1, -0.05) is 25.1 Å². The molecule has 1 saturated carbocycles. The number of anilines is 1. The smallest absolute Gasteiger partial charge is 0.324 e. The zero-order valence-corrected chi connectivity index (χ0v) is 20.2. The summed E-state index contributed by atoms with van der Waals surface area (Å²) in [6.45, 7) is 8.26. The minimum absolute atomic E-state index is 0.00169. The third kappa shape index (κ3) is 5.20. The number of nitrogens with zero attached hydrogens (tertiary/aromatic N) is 4. The molecule has 8 heteroatoms. The molecule has 1 amide bonds. The van der Waals surface area contributed by atoms with Crippen molar-refractivity contribution in [1.29, 1.82) is 0 Å². The first kappa shape index (κ1) is 23.1. The molecule has 7 nitrogen and oxygen atoms in total. The predicted molar refractivity (Wildman–Crippen MR) is 126 cm³/mol. The molecule has 1 aromatic heterocycles. The Bertz CT molecular complexity index is 998. The van der Waals surface area contributed by atoms with E-state index in [4.69, 9.17) is 9.26 Å². The maximum atomic E-state index is 14.4. The predicted octanol–water partition coefficient (Wildman–Crippen LogP) is 4.43.